The predicted octanol–water partition coefficient (Wildman–Crippen LogP) is 7.46. The molecular weight excluding hydrogens is 556 g/mol. The van der Waals surface area contributed by atoms with Gasteiger partial charge in [0.1, 0.15) is 11.6 Å². The van der Waals surface area contributed by atoms with Crippen LogP contribution in [-0.2, 0) is 19.1 Å². The van der Waals surface area contributed by atoms with Gasteiger partial charge < -0.3 is 26.0 Å². The number of hydrogen-bond acceptors (Lipinski definition) is 5. The second-order valence-electron chi connectivity index (χ2n) is 13.1. The van der Waals surface area contributed by atoms with Crippen LogP contribution in [0.25, 0.3) is 0 Å². The lowest BCUT2D eigenvalue weighted by Crippen LogP contribution is -2.47. The molecule has 0 aliphatic rings. The van der Waals surface area contributed by atoms with Gasteiger partial charge in [0, 0.05) is 32.5 Å². The number of carbonyl (C=O) groups is 4. The highest BCUT2D eigenvalue weighted by Gasteiger charge is 2.20. The molecule has 0 saturated heterocycles. The van der Waals surface area contributed by atoms with Crippen molar-refractivity contribution in [1.82, 2.24) is 21.3 Å². The van der Waals surface area contributed by atoms with Crippen LogP contribution in [0.3, 0.4) is 0 Å². The van der Waals surface area contributed by atoms with Gasteiger partial charge >= 0.3 is 6.09 Å². The molecule has 0 bridgehead atoms. The fourth-order valence-corrected chi connectivity index (χ4v) is 4.90. The first-order chi connectivity index (χ1) is 21.1. The summed E-state index contributed by atoms with van der Waals surface area (Å²) in [4.78, 5) is 49.2. The van der Waals surface area contributed by atoms with Gasteiger partial charge in [-0.05, 0) is 65.7 Å². The average Bonchev–Trinajstić information content (AvgIpc) is 2.96. The molecule has 1 unspecified atom stereocenters. The van der Waals surface area contributed by atoms with Crippen LogP contribution >= 0.6 is 0 Å². The normalized spacial score (nSPS) is 11.9. The molecule has 44 heavy (non-hydrogen) atoms. The number of hydrogen-bond donors (Lipinski definition) is 4. The molecule has 0 aliphatic heterocycles. The molecule has 0 aromatic carbocycles. The number of nitrogens with one attached hydrogen (secondary N) is 4. The minimum atomic E-state index is -0.577. The lowest BCUT2D eigenvalue weighted by Gasteiger charge is -2.20. The molecular formula is C35H68N4O5. The topological polar surface area (TPSA) is 126 Å². The minimum absolute atomic E-state index is 0.0923. The number of alkyl carbamates (subject to hydrolysis) is 1. The van der Waals surface area contributed by atoms with Crippen LogP contribution in [0, 0.1) is 0 Å². The molecule has 0 aliphatic carbocycles. The highest BCUT2D eigenvalue weighted by Crippen LogP contribution is 2.11. The Morgan fingerprint density at radius 3 is 1.61 bits per heavy atom. The Morgan fingerprint density at radius 2 is 1.00 bits per heavy atom. The smallest absolute Gasteiger partial charge is 0.407 e. The Hall–Kier alpha value is -2.32. The van der Waals surface area contributed by atoms with Gasteiger partial charge in [-0.1, -0.05) is 90.9 Å². The molecule has 0 aromatic rings. The number of ether oxygens (including phenoxy) is 1. The maximum absolute atomic E-state index is 12.9. The molecule has 0 saturated carbocycles. The lowest BCUT2D eigenvalue weighted by molar-refractivity contribution is -0.129. The summed E-state index contributed by atoms with van der Waals surface area (Å²) in [5.74, 6) is -0.0911. The van der Waals surface area contributed by atoms with Crippen LogP contribution in [0.4, 0.5) is 4.79 Å². The second-order valence-corrected chi connectivity index (χ2v) is 13.1. The number of amides is 4. The van der Waals surface area contributed by atoms with Crippen LogP contribution in [-0.4, -0.2) is 55.1 Å². The summed E-state index contributed by atoms with van der Waals surface area (Å²) in [6.45, 7) is 11.5. The van der Waals surface area contributed by atoms with E-state index < -0.39 is 17.7 Å². The molecule has 0 heterocycles. The summed E-state index contributed by atoms with van der Waals surface area (Å²) >= 11 is 0. The van der Waals surface area contributed by atoms with Crippen LogP contribution in [0.2, 0.25) is 0 Å². The Bertz CT molecular complexity index is 754. The fourth-order valence-electron chi connectivity index (χ4n) is 4.90. The largest absolute Gasteiger partial charge is 0.444 e. The molecule has 0 rings (SSSR count). The first kappa shape index (κ1) is 41.7. The standard InChI is InChI=1S/C35H68N4O5/c1-6-8-10-11-12-13-14-15-19-25-31(40)36-27-21-16-17-22-28-37-33(42)30(39-32(41)26-18-9-7-2)24-20-23-29-38-34(43)44-35(3,4)5/h30H,6-29H2,1-5H3,(H,36,40)(H,37,42)(H,38,43)(H,39,41). The predicted molar refractivity (Wildman–Crippen MR) is 180 cm³/mol. The van der Waals surface area contributed by atoms with Gasteiger partial charge in [-0.3, -0.25) is 14.4 Å². The van der Waals surface area contributed by atoms with E-state index in [0.717, 1.165) is 57.8 Å². The molecule has 9 nitrogen and oxygen atoms in total. The van der Waals surface area contributed by atoms with Gasteiger partial charge in [0.05, 0.1) is 0 Å². The van der Waals surface area contributed by atoms with Crippen molar-refractivity contribution in [3.8, 4) is 0 Å². The molecule has 4 N–H and O–H groups in total. The maximum atomic E-state index is 12.9. The van der Waals surface area contributed by atoms with Crippen molar-refractivity contribution in [2.75, 3.05) is 19.6 Å². The Kier molecular flexibility index (Phi) is 26.7. The number of unbranched alkanes of at least 4 members (excludes halogenated alkanes) is 14. The van der Waals surface area contributed by atoms with E-state index in [9.17, 15) is 19.2 Å². The molecule has 1 atom stereocenters. The van der Waals surface area contributed by atoms with Gasteiger partial charge in [-0.2, -0.15) is 0 Å². The monoisotopic (exact) mass is 625 g/mol. The zero-order valence-electron chi connectivity index (χ0n) is 29.1. The van der Waals surface area contributed by atoms with Crippen molar-refractivity contribution in [2.45, 2.75) is 181 Å². The first-order valence-corrected chi connectivity index (χ1v) is 17.9. The third-order valence-corrected chi connectivity index (χ3v) is 7.48. The van der Waals surface area contributed by atoms with E-state index in [4.69, 9.17) is 4.74 Å². The second kappa shape index (κ2) is 28.2. The third kappa shape index (κ3) is 28.5. The number of carbonyl (C=O) groups excluding carboxylic acids is 4. The molecule has 0 fully saturated rings. The van der Waals surface area contributed by atoms with E-state index in [1.807, 2.05) is 20.8 Å². The average molecular weight is 625 g/mol. The van der Waals surface area contributed by atoms with Crippen molar-refractivity contribution in [3.63, 3.8) is 0 Å². The summed E-state index contributed by atoms with van der Waals surface area (Å²) in [5.41, 5.74) is -0.544. The SMILES string of the molecule is CCCCCCCCCCCC(=O)NCCCCCCNC(=O)C(CCCCNC(=O)OC(C)(C)C)NC(=O)CCCCC. The lowest BCUT2D eigenvalue weighted by atomic mass is 10.1. The van der Waals surface area contributed by atoms with Crippen molar-refractivity contribution in [2.24, 2.45) is 0 Å². The van der Waals surface area contributed by atoms with E-state index in [-0.39, 0.29) is 17.7 Å². The summed E-state index contributed by atoms with van der Waals surface area (Å²) in [6, 6.07) is -0.577. The summed E-state index contributed by atoms with van der Waals surface area (Å²) in [6.07, 6.45) is 20.4. The molecule has 0 radical (unpaired) electrons. The van der Waals surface area contributed by atoms with Crippen LogP contribution in [0.15, 0.2) is 0 Å². The van der Waals surface area contributed by atoms with E-state index in [1.165, 1.54) is 44.9 Å². The highest BCUT2D eigenvalue weighted by molar-refractivity contribution is 5.87. The molecule has 258 valence electrons. The minimum Gasteiger partial charge on any atom is -0.444 e. The van der Waals surface area contributed by atoms with Crippen molar-refractivity contribution in [1.29, 1.82) is 0 Å². The van der Waals surface area contributed by atoms with Gasteiger partial charge in [0.15, 0.2) is 0 Å². The van der Waals surface area contributed by atoms with Crippen LogP contribution in [0.5, 0.6) is 0 Å². The van der Waals surface area contributed by atoms with E-state index >= 15 is 0 Å². The van der Waals surface area contributed by atoms with Crippen molar-refractivity contribution >= 4 is 23.8 Å². The Balaban J connectivity index is 4.10. The zero-order valence-corrected chi connectivity index (χ0v) is 29.1. The summed E-state index contributed by atoms with van der Waals surface area (Å²) in [7, 11) is 0. The Morgan fingerprint density at radius 1 is 0.545 bits per heavy atom. The third-order valence-electron chi connectivity index (χ3n) is 7.48. The molecule has 4 amide bonds. The van der Waals surface area contributed by atoms with Gasteiger partial charge in [-0.25, -0.2) is 4.79 Å². The van der Waals surface area contributed by atoms with Crippen molar-refractivity contribution in [3.05, 3.63) is 0 Å². The maximum Gasteiger partial charge on any atom is 0.407 e. The summed E-state index contributed by atoms with van der Waals surface area (Å²) < 4.78 is 5.25. The molecule has 9 heteroatoms. The quantitative estimate of drug-likeness (QED) is 0.0673. The summed E-state index contributed by atoms with van der Waals surface area (Å²) in [5, 5.41) is 11.7. The molecule has 0 aromatic heterocycles. The van der Waals surface area contributed by atoms with Gasteiger partial charge in [-0.15, -0.1) is 0 Å². The van der Waals surface area contributed by atoms with Crippen molar-refractivity contribution < 1.29 is 23.9 Å². The van der Waals surface area contributed by atoms with Gasteiger partial charge in [0.2, 0.25) is 17.7 Å². The van der Waals surface area contributed by atoms with Gasteiger partial charge in [0.25, 0.3) is 0 Å². The van der Waals surface area contributed by atoms with E-state index in [1.54, 1.807) is 0 Å². The van der Waals surface area contributed by atoms with Crippen LogP contribution in [0.1, 0.15) is 169 Å². The fraction of sp³-hybridized carbons (Fsp3) is 0.886. The zero-order chi connectivity index (χ0) is 32.9. The van der Waals surface area contributed by atoms with Crippen LogP contribution < -0.4 is 21.3 Å². The van der Waals surface area contributed by atoms with E-state index in [2.05, 4.69) is 35.1 Å². The Labute approximate surface area is 269 Å². The molecule has 0 spiro atoms. The van der Waals surface area contributed by atoms with E-state index in [0.29, 0.717) is 51.7 Å². The first-order valence-electron chi connectivity index (χ1n) is 17.9. The number of rotatable bonds is 28. The highest BCUT2D eigenvalue weighted by atomic mass is 16.6.